The SMILES string of the molecule is CC(=O)N1c2ccccc2C[C@H]1C(=O)Nc1ccc2c(c1)OCCO2. The summed E-state index contributed by atoms with van der Waals surface area (Å²) in [6.45, 7) is 2.49. The Kier molecular flexibility index (Phi) is 3.80. The first-order chi connectivity index (χ1) is 12.1. The highest BCUT2D eigenvalue weighted by atomic mass is 16.6. The fraction of sp³-hybridized carbons (Fsp3) is 0.263. The summed E-state index contributed by atoms with van der Waals surface area (Å²) in [6, 6.07) is 12.3. The van der Waals surface area contributed by atoms with Crippen LogP contribution in [0.5, 0.6) is 11.5 Å². The maximum atomic E-state index is 12.8. The van der Waals surface area contributed by atoms with Gasteiger partial charge in [0.15, 0.2) is 11.5 Å². The third kappa shape index (κ3) is 2.80. The van der Waals surface area contributed by atoms with E-state index in [-0.39, 0.29) is 11.8 Å². The number of hydrogen-bond acceptors (Lipinski definition) is 4. The van der Waals surface area contributed by atoms with Crippen molar-refractivity contribution in [3.63, 3.8) is 0 Å². The van der Waals surface area contributed by atoms with Crippen molar-refractivity contribution in [3.05, 3.63) is 48.0 Å². The molecule has 0 radical (unpaired) electrons. The summed E-state index contributed by atoms with van der Waals surface area (Å²) in [5, 5.41) is 2.89. The number of anilines is 2. The van der Waals surface area contributed by atoms with Crippen LogP contribution in [0.2, 0.25) is 0 Å². The standard InChI is InChI=1S/C19H18N2O4/c1-12(22)21-15-5-3-2-4-13(15)10-16(21)19(23)20-14-6-7-17-18(11-14)25-9-8-24-17/h2-7,11,16H,8-10H2,1H3,(H,20,23)/t16-/m0/s1. The van der Waals surface area contributed by atoms with Gasteiger partial charge in [-0.05, 0) is 23.8 Å². The molecule has 0 unspecified atom stereocenters. The molecule has 4 rings (SSSR count). The van der Waals surface area contributed by atoms with E-state index in [2.05, 4.69) is 5.32 Å². The number of carbonyl (C=O) groups is 2. The van der Waals surface area contributed by atoms with Crippen molar-refractivity contribution in [2.45, 2.75) is 19.4 Å². The maximum Gasteiger partial charge on any atom is 0.247 e. The molecule has 6 nitrogen and oxygen atoms in total. The van der Waals surface area contributed by atoms with Crippen molar-refractivity contribution in [3.8, 4) is 11.5 Å². The lowest BCUT2D eigenvalue weighted by Gasteiger charge is -2.24. The molecular formula is C19H18N2O4. The molecule has 128 valence electrons. The van der Waals surface area contributed by atoms with Crippen molar-refractivity contribution in [1.29, 1.82) is 0 Å². The van der Waals surface area contributed by atoms with Crippen LogP contribution in [0.25, 0.3) is 0 Å². The summed E-state index contributed by atoms with van der Waals surface area (Å²) in [5.74, 6) is 0.917. The van der Waals surface area contributed by atoms with Gasteiger partial charge in [-0.25, -0.2) is 0 Å². The first-order valence-corrected chi connectivity index (χ1v) is 8.22. The number of fused-ring (bicyclic) bond motifs is 2. The van der Waals surface area contributed by atoms with Crippen LogP contribution in [0.3, 0.4) is 0 Å². The Labute approximate surface area is 145 Å². The lowest BCUT2D eigenvalue weighted by Crippen LogP contribution is -2.44. The van der Waals surface area contributed by atoms with Gasteiger partial charge < -0.3 is 14.8 Å². The van der Waals surface area contributed by atoms with Crippen molar-refractivity contribution >= 4 is 23.2 Å². The summed E-state index contributed by atoms with van der Waals surface area (Å²) >= 11 is 0. The normalized spacial score (nSPS) is 17.8. The summed E-state index contributed by atoms with van der Waals surface area (Å²) < 4.78 is 11.0. The Morgan fingerprint density at radius 1 is 1.08 bits per heavy atom. The second-order valence-electron chi connectivity index (χ2n) is 6.09. The number of para-hydroxylation sites is 1. The Morgan fingerprint density at radius 2 is 1.84 bits per heavy atom. The van der Waals surface area contributed by atoms with E-state index in [0.717, 1.165) is 11.3 Å². The molecule has 2 amide bonds. The minimum absolute atomic E-state index is 0.146. The number of carbonyl (C=O) groups excluding carboxylic acids is 2. The fourth-order valence-electron chi connectivity index (χ4n) is 3.33. The molecular weight excluding hydrogens is 320 g/mol. The quantitative estimate of drug-likeness (QED) is 0.913. The third-order valence-corrected chi connectivity index (χ3v) is 4.43. The summed E-state index contributed by atoms with van der Waals surface area (Å²) in [5.41, 5.74) is 2.42. The average Bonchev–Trinajstić information content (AvgIpc) is 3.01. The lowest BCUT2D eigenvalue weighted by molar-refractivity contribution is -0.122. The van der Waals surface area contributed by atoms with Crippen LogP contribution in [0.1, 0.15) is 12.5 Å². The molecule has 6 heteroatoms. The molecule has 0 aromatic heterocycles. The Morgan fingerprint density at radius 3 is 2.64 bits per heavy atom. The molecule has 2 aliphatic rings. The van der Waals surface area contributed by atoms with Crippen molar-refractivity contribution in [1.82, 2.24) is 0 Å². The van der Waals surface area contributed by atoms with Gasteiger partial charge in [0.1, 0.15) is 19.3 Å². The van der Waals surface area contributed by atoms with Gasteiger partial charge in [0.2, 0.25) is 11.8 Å². The van der Waals surface area contributed by atoms with Crippen LogP contribution < -0.4 is 19.7 Å². The van der Waals surface area contributed by atoms with Crippen LogP contribution in [-0.2, 0) is 16.0 Å². The molecule has 1 atom stereocenters. The van der Waals surface area contributed by atoms with Crippen molar-refractivity contribution in [2.75, 3.05) is 23.4 Å². The van der Waals surface area contributed by atoms with Crippen LogP contribution in [0.15, 0.2) is 42.5 Å². The van der Waals surface area contributed by atoms with E-state index in [9.17, 15) is 9.59 Å². The minimum Gasteiger partial charge on any atom is -0.486 e. The highest BCUT2D eigenvalue weighted by molar-refractivity contribution is 6.06. The zero-order chi connectivity index (χ0) is 17.4. The van der Waals surface area contributed by atoms with Gasteiger partial charge in [0, 0.05) is 30.8 Å². The second kappa shape index (κ2) is 6.12. The van der Waals surface area contributed by atoms with E-state index in [1.165, 1.54) is 6.92 Å². The van der Waals surface area contributed by atoms with Gasteiger partial charge >= 0.3 is 0 Å². The van der Waals surface area contributed by atoms with Gasteiger partial charge in [-0.2, -0.15) is 0 Å². The van der Waals surface area contributed by atoms with E-state index in [1.807, 2.05) is 24.3 Å². The van der Waals surface area contributed by atoms with Crippen molar-refractivity contribution < 1.29 is 19.1 Å². The van der Waals surface area contributed by atoms with E-state index < -0.39 is 6.04 Å². The van der Waals surface area contributed by atoms with Crippen LogP contribution >= 0.6 is 0 Å². The zero-order valence-electron chi connectivity index (χ0n) is 13.8. The summed E-state index contributed by atoms with van der Waals surface area (Å²) in [6.07, 6.45) is 0.506. The van der Waals surface area contributed by atoms with Crippen LogP contribution in [-0.4, -0.2) is 31.1 Å². The Balaban J connectivity index is 1.56. The molecule has 2 heterocycles. The highest BCUT2D eigenvalue weighted by Gasteiger charge is 2.36. The molecule has 0 fully saturated rings. The largest absolute Gasteiger partial charge is 0.486 e. The topological polar surface area (TPSA) is 67.9 Å². The van der Waals surface area contributed by atoms with Gasteiger partial charge in [-0.3, -0.25) is 14.5 Å². The third-order valence-electron chi connectivity index (χ3n) is 4.43. The highest BCUT2D eigenvalue weighted by Crippen LogP contribution is 2.35. The van der Waals surface area contributed by atoms with E-state index in [4.69, 9.17) is 9.47 Å². The van der Waals surface area contributed by atoms with Gasteiger partial charge in [-0.1, -0.05) is 18.2 Å². The minimum atomic E-state index is -0.553. The smallest absolute Gasteiger partial charge is 0.247 e. The first kappa shape index (κ1) is 15.5. The number of ether oxygens (including phenoxy) is 2. The number of nitrogens with one attached hydrogen (secondary N) is 1. The maximum absolute atomic E-state index is 12.8. The van der Waals surface area contributed by atoms with Gasteiger partial charge in [0.05, 0.1) is 0 Å². The van der Waals surface area contributed by atoms with Crippen molar-refractivity contribution in [2.24, 2.45) is 0 Å². The number of benzene rings is 2. The van der Waals surface area contributed by atoms with Gasteiger partial charge in [-0.15, -0.1) is 0 Å². The molecule has 2 aromatic carbocycles. The van der Waals surface area contributed by atoms with E-state index in [0.29, 0.717) is 36.8 Å². The van der Waals surface area contributed by atoms with E-state index >= 15 is 0 Å². The molecule has 0 saturated carbocycles. The van der Waals surface area contributed by atoms with Gasteiger partial charge in [0.25, 0.3) is 0 Å². The first-order valence-electron chi connectivity index (χ1n) is 8.22. The molecule has 2 aromatic rings. The van der Waals surface area contributed by atoms with Crippen LogP contribution in [0, 0.1) is 0 Å². The number of rotatable bonds is 2. The molecule has 1 N–H and O–H groups in total. The Bertz CT molecular complexity index is 849. The van der Waals surface area contributed by atoms with Crippen LogP contribution in [0.4, 0.5) is 11.4 Å². The molecule has 0 bridgehead atoms. The average molecular weight is 338 g/mol. The van der Waals surface area contributed by atoms with E-state index in [1.54, 1.807) is 23.1 Å². The molecule has 2 aliphatic heterocycles. The molecule has 0 saturated heterocycles. The zero-order valence-corrected chi connectivity index (χ0v) is 13.8. The monoisotopic (exact) mass is 338 g/mol. The predicted molar refractivity (Wildman–Crippen MR) is 93.2 cm³/mol. The Hall–Kier alpha value is -3.02. The molecule has 0 aliphatic carbocycles. The molecule has 0 spiro atoms. The second-order valence-corrected chi connectivity index (χ2v) is 6.09. The predicted octanol–water partition coefficient (Wildman–Crippen LogP) is 2.37. The molecule has 25 heavy (non-hydrogen) atoms. The fourth-order valence-corrected chi connectivity index (χ4v) is 3.33. The summed E-state index contributed by atoms with van der Waals surface area (Å²) in [4.78, 5) is 26.4. The number of hydrogen-bond donors (Lipinski definition) is 1. The lowest BCUT2D eigenvalue weighted by atomic mass is 10.1. The number of nitrogens with zero attached hydrogens (tertiary/aromatic N) is 1. The number of amides is 2. The summed E-state index contributed by atoms with van der Waals surface area (Å²) in [7, 11) is 0.